The van der Waals surface area contributed by atoms with Crippen molar-refractivity contribution in [1.82, 2.24) is 9.78 Å². The number of aromatic nitrogens is 2. The molecule has 2 aromatic rings. The van der Waals surface area contributed by atoms with Crippen molar-refractivity contribution >= 4 is 39.3 Å². The Morgan fingerprint density at radius 3 is 2.81 bits per heavy atom. The minimum Gasteiger partial charge on any atom is -0.465 e. The fourth-order valence-corrected chi connectivity index (χ4v) is 2.41. The summed E-state index contributed by atoms with van der Waals surface area (Å²) in [5.41, 5.74) is 1.19. The summed E-state index contributed by atoms with van der Waals surface area (Å²) in [6, 6.07) is 4.92. The molecule has 21 heavy (non-hydrogen) atoms. The number of esters is 1. The first-order valence-corrected chi connectivity index (χ1v) is 6.83. The van der Waals surface area contributed by atoms with Crippen LogP contribution in [0.4, 0.5) is 5.82 Å². The van der Waals surface area contributed by atoms with Gasteiger partial charge in [-0.2, -0.15) is 4.68 Å². The van der Waals surface area contributed by atoms with E-state index in [0.29, 0.717) is 10.0 Å². The minimum atomic E-state index is -0.645. The van der Waals surface area contributed by atoms with E-state index in [9.17, 15) is 14.9 Å². The maximum absolute atomic E-state index is 11.4. The topological polar surface area (TPSA) is 87.3 Å². The molecule has 0 N–H and O–H groups in total. The molecular weight excluding hydrogens is 366 g/mol. The molecule has 0 atom stereocenters. The molecule has 0 aliphatic heterocycles. The van der Waals surface area contributed by atoms with Gasteiger partial charge in [0.1, 0.15) is 0 Å². The van der Waals surface area contributed by atoms with E-state index in [-0.39, 0.29) is 17.4 Å². The van der Waals surface area contributed by atoms with Crippen LogP contribution in [0, 0.1) is 10.1 Å². The van der Waals surface area contributed by atoms with E-state index >= 15 is 0 Å². The molecule has 1 aromatic carbocycles. The highest BCUT2D eigenvalue weighted by atomic mass is 79.9. The van der Waals surface area contributed by atoms with Crippen LogP contribution < -0.4 is 0 Å². The highest BCUT2D eigenvalue weighted by Crippen LogP contribution is 2.24. The van der Waals surface area contributed by atoms with Gasteiger partial charge in [0.15, 0.2) is 5.02 Å². The molecule has 0 aliphatic rings. The van der Waals surface area contributed by atoms with Gasteiger partial charge >= 0.3 is 11.8 Å². The van der Waals surface area contributed by atoms with Crippen molar-refractivity contribution < 1.29 is 14.5 Å². The second-order valence-corrected chi connectivity index (χ2v) is 5.31. The maximum atomic E-state index is 11.4. The molecule has 2 rings (SSSR count). The number of hydrogen-bond acceptors (Lipinski definition) is 5. The first-order valence-electron chi connectivity index (χ1n) is 5.66. The fraction of sp³-hybridized carbons (Fsp3) is 0.167. The van der Waals surface area contributed by atoms with Gasteiger partial charge in [-0.15, -0.1) is 0 Å². The van der Waals surface area contributed by atoms with Crippen molar-refractivity contribution in [2.45, 2.75) is 6.54 Å². The standard InChI is InChI=1S/C12H9BrClN3O4/c1-21-12(18)7-2-3-8(9(13)4-7)5-16-6-10(14)11(15-16)17(19)20/h2-4,6H,5H2,1H3. The van der Waals surface area contributed by atoms with Gasteiger partial charge in [0, 0.05) is 4.47 Å². The SMILES string of the molecule is COC(=O)c1ccc(Cn2cc(Cl)c([N+](=O)[O-])n2)c(Br)c1. The molecule has 1 aromatic heterocycles. The lowest BCUT2D eigenvalue weighted by Gasteiger charge is -2.05. The molecule has 0 fully saturated rings. The lowest BCUT2D eigenvalue weighted by atomic mass is 10.1. The highest BCUT2D eigenvalue weighted by Gasteiger charge is 2.19. The van der Waals surface area contributed by atoms with E-state index < -0.39 is 10.9 Å². The summed E-state index contributed by atoms with van der Waals surface area (Å²) in [5.74, 6) is -0.834. The van der Waals surface area contributed by atoms with Crippen LogP contribution in [0.5, 0.6) is 0 Å². The van der Waals surface area contributed by atoms with Crippen LogP contribution in [0.2, 0.25) is 5.02 Å². The molecule has 0 radical (unpaired) electrons. The Kier molecular flexibility index (Phi) is 4.59. The van der Waals surface area contributed by atoms with Gasteiger partial charge in [0.05, 0.1) is 30.5 Å². The predicted octanol–water partition coefficient (Wildman–Crippen LogP) is 3.04. The number of methoxy groups -OCH3 is 1. The number of halogens is 2. The zero-order valence-electron chi connectivity index (χ0n) is 10.7. The Hall–Kier alpha value is -1.93. The average molecular weight is 375 g/mol. The number of benzene rings is 1. The Labute approximate surface area is 132 Å². The van der Waals surface area contributed by atoms with Gasteiger partial charge in [-0.3, -0.25) is 0 Å². The molecule has 1 heterocycles. The lowest BCUT2D eigenvalue weighted by molar-refractivity contribution is -0.389. The van der Waals surface area contributed by atoms with Crippen molar-refractivity contribution in [3.05, 3.63) is 55.1 Å². The molecule has 0 spiro atoms. The maximum Gasteiger partial charge on any atom is 0.408 e. The van der Waals surface area contributed by atoms with E-state index in [4.69, 9.17) is 11.6 Å². The van der Waals surface area contributed by atoms with Crippen molar-refractivity contribution in [2.24, 2.45) is 0 Å². The first-order chi connectivity index (χ1) is 9.92. The van der Waals surface area contributed by atoms with Crippen molar-refractivity contribution in [3.8, 4) is 0 Å². The zero-order valence-corrected chi connectivity index (χ0v) is 13.1. The van der Waals surface area contributed by atoms with Gasteiger partial charge in [-0.05, 0) is 22.6 Å². The smallest absolute Gasteiger partial charge is 0.408 e. The normalized spacial score (nSPS) is 10.4. The summed E-state index contributed by atoms with van der Waals surface area (Å²) in [5, 5.41) is 14.5. The molecule has 110 valence electrons. The van der Waals surface area contributed by atoms with Crippen LogP contribution in [0.3, 0.4) is 0 Å². The summed E-state index contributed by atoms with van der Waals surface area (Å²) in [7, 11) is 1.30. The van der Waals surface area contributed by atoms with E-state index in [1.54, 1.807) is 18.2 Å². The summed E-state index contributed by atoms with van der Waals surface area (Å²) in [6.45, 7) is 0.273. The number of hydrogen-bond donors (Lipinski definition) is 0. The summed E-state index contributed by atoms with van der Waals surface area (Å²) in [4.78, 5) is 21.5. The molecule has 7 nitrogen and oxygen atoms in total. The molecule has 0 saturated carbocycles. The van der Waals surface area contributed by atoms with Crippen LogP contribution in [0.25, 0.3) is 0 Å². The third-order valence-electron chi connectivity index (χ3n) is 2.68. The third-order valence-corrected chi connectivity index (χ3v) is 3.68. The third kappa shape index (κ3) is 3.40. The molecule has 0 amide bonds. The fourth-order valence-electron chi connectivity index (χ4n) is 1.69. The average Bonchev–Trinajstić information content (AvgIpc) is 2.81. The summed E-state index contributed by atoms with van der Waals surface area (Å²) >= 11 is 9.07. The Bertz CT molecular complexity index is 717. The van der Waals surface area contributed by atoms with Crippen molar-refractivity contribution in [2.75, 3.05) is 7.11 Å². The van der Waals surface area contributed by atoms with Gasteiger partial charge < -0.3 is 14.9 Å². The Balaban J connectivity index is 2.26. The summed E-state index contributed by atoms with van der Waals surface area (Å²) in [6.07, 6.45) is 1.38. The molecule has 0 saturated heterocycles. The Morgan fingerprint density at radius 1 is 1.57 bits per heavy atom. The van der Waals surface area contributed by atoms with Gasteiger partial charge in [0.2, 0.25) is 0 Å². The number of rotatable bonds is 4. The number of carbonyl (C=O) groups excluding carboxylic acids is 1. The predicted molar refractivity (Wildman–Crippen MR) is 78.5 cm³/mol. The van der Waals surface area contributed by atoms with Crippen LogP contribution in [0.15, 0.2) is 28.9 Å². The van der Waals surface area contributed by atoms with Gasteiger partial charge in [-0.1, -0.05) is 33.6 Å². The second-order valence-electron chi connectivity index (χ2n) is 4.05. The first kappa shape index (κ1) is 15.5. The summed E-state index contributed by atoms with van der Waals surface area (Å²) < 4.78 is 6.65. The number of carbonyl (C=O) groups is 1. The monoisotopic (exact) mass is 373 g/mol. The van der Waals surface area contributed by atoms with Crippen LogP contribution in [0.1, 0.15) is 15.9 Å². The largest absolute Gasteiger partial charge is 0.465 e. The van der Waals surface area contributed by atoms with Gasteiger partial charge in [0.25, 0.3) is 0 Å². The number of ether oxygens (including phenoxy) is 1. The van der Waals surface area contributed by atoms with E-state index in [0.717, 1.165) is 5.56 Å². The molecule has 0 unspecified atom stereocenters. The van der Waals surface area contributed by atoms with Crippen molar-refractivity contribution in [3.63, 3.8) is 0 Å². The lowest BCUT2D eigenvalue weighted by Crippen LogP contribution is -2.05. The van der Waals surface area contributed by atoms with Crippen LogP contribution >= 0.6 is 27.5 Å². The van der Waals surface area contributed by atoms with Gasteiger partial charge in [-0.25, -0.2) is 4.79 Å². The Morgan fingerprint density at radius 2 is 2.29 bits per heavy atom. The second kappa shape index (κ2) is 6.23. The highest BCUT2D eigenvalue weighted by molar-refractivity contribution is 9.10. The van der Waals surface area contributed by atoms with Crippen LogP contribution in [-0.2, 0) is 11.3 Å². The zero-order chi connectivity index (χ0) is 15.6. The van der Waals surface area contributed by atoms with E-state index in [1.165, 1.54) is 18.0 Å². The molecule has 0 bridgehead atoms. The molecular formula is C12H9BrClN3O4. The minimum absolute atomic E-state index is 0.0256. The number of nitro groups is 1. The quantitative estimate of drug-likeness (QED) is 0.466. The van der Waals surface area contributed by atoms with Crippen LogP contribution in [-0.4, -0.2) is 27.8 Å². The molecule has 9 heteroatoms. The number of nitrogens with zero attached hydrogens (tertiary/aromatic N) is 3. The van der Waals surface area contributed by atoms with E-state index in [2.05, 4.69) is 25.8 Å². The van der Waals surface area contributed by atoms with Crippen molar-refractivity contribution in [1.29, 1.82) is 0 Å². The molecule has 0 aliphatic carbocycles. The van der Waals surface area contributed by atoms with E-state index in [1.807, 2.05) is 0 Å².